The van der Waals surface area contributed by atoms with E-state index in [4.69, 9.17) is 5.73 Å². The SMILES string of the molecule is CC(C)c1cc(-c2[nH]ncc2CCN)n[nH]1. The van der Waals surface area contributed by atoms with Gasteiger partial charge in [-0.1, -0.05) is 13.8 Å². The molecule has 0 radical (unpaired) electrons. The summed E-state index contributed by atoms with van der Waals surface area (Å²) < 4.78 is 0. The Labute approximate surface area is 94.4 Å². The standard InChI is InChI=1S/C11H17N5/c1-7(2)9-5-10(15-14-9)11-8(3-4-12)6-13-16-11/h5-7H,3-4,12H2,1-2H3,(H,13,16)(H,14,15). The first kappa shape index (κ1) is 10.9. The molecule has 0 unspecified atom stereocenters. The lowest BCUT2D eigenvalue weighted by Crippen LogP contribution is -2.02. The highest BCUT2D eigenvalue weighted by Gasteiger charge is 2.11. The fourth-order valence-electron chi connectivity index (χ4n) is 1.64. The molecular weight excluding hydrogens is 202 g/mol. The Bertz CT molecular complexity index is 454. The molecule has 0 fully saturated rings. The van der Waals surface area contributed by atoms with Crippen LogP contribution in [0.2, 0.25) is 0 Å². The maximum atomic E-state index is 5.55. The molecule has 0 spiro atoms. The van der Waals surface area contributed by atoms with Crippen LogP contribution in [-0.2, 0) is 6.42 Å². The number of nitrogens with one attached hydrogen (secondary N) is 2. The third kappa shape index (κ3) is 1.99. The van der Waals surface area contributed by atoms with Crippen molar-refractivity contribution in [2.75, 3.05) is 6.54 Å². The molecule has 2 heterocycles. The van der Waals surface area contributed by atoms with Crippen molar-refractivity contribution in [3.63, 3.8) is 0 Å². The van der Waals surface area contributed by atoms with E-state index in [0.29, 0.717) is 12.5 Å². The van der Waals surface area contributed by atoms with Gasteiger partial charge in [0, 0.05) is 11.3 Å². The molecule has 0 aliphatic carbocycles. The summed E-state index contributed by atoms with van der Waals surface area (Å²) in [6.07, 6.45) is 2.63. The summed E-state index contributed by atoms with van der Waals surface area (Å²) in [6.45, 7) is 4.88. The second kappa shape index (κ2) is 4.49. The second-order valence-corrected chi connectivity index (χ2v) is 4.17. The number of hydrogen-bond donors (Lipinski definition) is 3. The van der Waals surface area contributed by atoms with Gasteiger partial charge in [-0.2, -0.15) is 10.2 Å². The molecule has 86 valence electrons. The van der Waals surface area contributed by atoms with E-state index in [1.165, 1.54) is 0 Å². The van der Waals surface area contributed by atoms with Crippen molar-refractivity contribution in [3.05, 3.63) is 23.5 Å². The average Bonchev–Trinajstić information content (AvgIpc) is 2.84. The van der Waals surface area contributed by atoms with Gasteiger partial charge in [-0.25, -0.2) is 0 Å². The topological polar surface area (TPSA) is 83.4 Å². The molecule has 0 aliphatic rings. The van der Waals surface area contributed by atoms with Crippen LogP contribution in [0.1, 0.15) is 31.0 Å². The van der Waals surface area contributed by atoms with Crippen LogP contribution in [-0.4, -0.2) is 26.9 Å². The van der Waals surface area contributed by atoms with Crippen molar-refractivity contribution in [2.24, 2.45) is 5.73 Å². The van der Waals surface area contributed by atoms with Gasteiger partial charge in [0.2, 0.25) is 0 Å². The van der Waals surface area contributed by atoms with Gasteiger partial charge in [-0.15, -0.1) is 0 Å². The minimum Gasteiger partial charge on any atom is -0.330 e. The smallest absolute Gasteiger partial charge is 0.110 e. The van der Waals surface area contributed by atoms with Crippen molar-refractivity contribution >= 4 is 0 Å². The zero-order valence-corrected chi connectivity index (χ0v) is 9.62. The monoisotopic (exact) mass is 219 g/mol. The number of nitrogens with two attached hydrogens (primary N) is 1. The van der Waals surface area contributed by atoms with Crippen LogP contribution < -0.4 is 5.73 Å². The van der Waals surface area contributed by atoms with Crippen molar-refractivity contribution in [2.45, 2.75) is 26.2 Å². The van der Waals surface area contributed by atoms with E-state index in [-0.39, 0.29) is 0 Å². The lowest BCUT2D eigenvalue weighted by Gasteiger charge is -1.98. The van der Waals surface area contributed by atoms with Crippen LogP contribution in [0.4, 0.5) is 0 Å². The molecule has 0 bridgehead atoms. The summed E-state index contributed by atoms with van der Waals surface area (Å²) in [7, 11) is 0. The third-order valence-electron chi connectivity index (χ3n) is 2.61. The van der Waals surface area contributed by atoms with Gasteiger partial charge in [0.1, 0.15) is 5.69 Å². The Morgan fingerprint density at radius 2 is 2.19 bits per heavy atom. The van der Waals surface area contributed by atoms with E-state index in [0.717, 1.165) is 29.1 Å². The molecule has 0 saturated carbocycles. The number of aromatic amines is 2. The zero-order chi connectivity index (χ0) is 11.5. The molecule has 4 N–H and O–H groups in total. The first-order valence-electron chi connectivity index (χ1n) is 5.50. The normalized spacial score (nSPS) is 11.2. The molecule has 2 aromatic rings. The lowest BCUT2D eigenvalue weighted by atomic mass is 10.1. The Morgan fingerprint density at radius 3 is 2.81 bits per heavy atom. The van der Waals surface area contributed by atoms with E-state index >= 15 is 0 Å². The van der Waals surface area contributed by atoms with Gasteiger partial charge < -0.3 is 5.73 Å². The number of aromatic nitrogens is 4. The summed E-state index contributed by atoms with van der Waals surface area (Å²) in [6, 6.07) is 2.05. The molecule has 0 amide bonds. The molecule has 16 heavy (non-hydrogen) atoms. The molecule has 0 aliphatic heterocycles. The summed E-state index contributed by atoms with van der Waals surface area (Å²) in [5.41, 5.74) is 9.67. The molecule has 2 aromatic heterocycles. The summed E-state index contributed by atoms with van der Waals surface area (Å²) >= 11 is 0. The fraction of sp³-hybridized carbons (Fsp3) is 0.455. The molecular formula is C11H17N5. The number of nitrogens with zero attached hydrogens (tertiary/aromatic N) is 2. The second-order valence-electron chi connectivity index (χ2n) is 4.17. The molecule has 5 nitrogen and oxygen atoms in total. The van der Waals surface area contributed by atoms with Crippen molar-refractivity contribution in [1.82, 2.24) is 20.4 Å². The molecule has 2 rings (SSSR count). The Morgan fingerprint density at radius 1 is 1.38 bits per heavy atom. The maximum absolute atomic E-state index is 5.55. The Hall–Kier alpha value is -1.62. The third-order valence-corrected chi connectivity index (χ3v) is 2.61. The number of hydrogen-bond acceptors (Lipinski definition) is 3. The van der Waals surface area contributed by atoms with Gasteiger partial charge in [0.25, 0.3) is 0 Å². The van der Waals surface area contributed by atoms with E-state index in [1.807, 2.05) is 6.20 Å². The zero-order valence-electron chi connectivity index (χ0n) is 9.62. The highest BCUT2D eigenvalue weighted by molar-refractivity contribution is 5.58. The van der Waals surface area contributed by atoms with Crippen molar-refractivity contribution in [1.29, 1.82) is 0 Å². The Kier molecular flexibility index (Phi) is 3.05. The summed E-state index contributed by atoms with van der Waals surface area (Å²) in [5, 5.41) is 14.3. The average molecular weight is 219 g/mol. The van der Waals surface area contributed by atoms with Crippen molar-refractivity contribution < 1.29 is 0 Å². The van der Waals surface area contributed by atoms with Gasteiger partial charge in [-0.05, 0) is 24.9 Å². The van der Waals surface area contributed by atoms with Crippen LogP contribution in [0.5, 0.6) is 0 Å². The first-order chi connectivity index (χ1) is 7.72. The quantitative estimate of drug-likeness (QED) is 0.727. The van der Waals surface area contributed by atoms with Gasteiger partial charge in [0.15, 0.2) is 0 Å². The highest BCUT2D eigenvalue weighted by atomic mass is 15.2. The molecule has 0 atom stereocenters. The summed E-state index contributed by atoms with van der Waals surface area (Å²) in [4.78, 5) is 0. The summed E-state index contributed by atoms with van der Waals surface area (Å²) in [5.74, 6) is 0.446. The van der Waals surface area contributed by atoms with Crippen molar-refractivity contribution in [3.8, 4) is 11.4 Å². The maximum Gasteiger partial charge on any atom is 0.110 e. The minimum absolute atomic E-state index is 0.446. The van der Waals surface area contributed by atoms with Crippen LogP contribution in [0.15, 0.2) is 12.3 Å². The number of H-pyrrole nitrogens is 2. The predicted molar refractivity (Wildman–Crippen MR) is 63.0 cm³/mol. The van der Waals surface area contributed by atoms with Gasteiger partial charge in [0.05, 0.1) is 11.9 Å². The fourth-order valence-corrected chi connectivity index (χ4v) is 1.64. The predicted octanol–water partition coefficient (Wildman–Crippen LogP) is 1.42. The largest absolute Gasteiger partial charge is 0.330 e. The first-order valence-corrected chi connectivity index (χ1v) is 5.50. The van der Waals surface area contributed by atoms with E-state index < -0.39 is 0 Å². The molecule has 0 saturated heterocycles. The Balaban J connectivity index is 2.31. The lowest BCUT2D eigenvalue weighted by molar-refractivity contribution is 0.810. The minimum atomic E-state index is 0.446. The van der Waals surface area contributed by atoms with Gasteiger partial charge in [-0.3, -0.25) is 10.2 Å². The molecule has 0 aromatic carbocycles. The van der Waals surface area contributed by atoms with Crippen LogP contribution in [0, 0.1) is 0 Å². The van der Waals surface area contributed by atoms with Crippen LogP contribution in [0.3, 0.4) is 0 Å². The van der Waals surface area contributed by atoms with E-state index in [9.17, 15) is 0 Å². The molecule has 5 heteroatoms. The number of rotatable bonds is 4. The van der Waals surface area contributed by atoms with E-state index in [2.05, 4.69) is 40.3 Å². The van der Waals surface area contributed by atoms with Crippen LogP contribution >= 0.6 is 0 Å². The van der Waals surface area contributed by atoms with Gasteiger partial charge >= 0.3 is 0 Å². The van der Waals surface area contributed by atoms with Crippen LogP contribution in [0.25, 0.3) is 11.4 Å². The highest BCUT2D eigenvalue weighted by Crippen LogP contribution is 2.22. The van der Waals surface area contributed by atoms with E-state index in [1.54, 1.807) is 0 Å².